The molecule has 23 heavy (non-hydrogen) atoms. The summed E-state index contributed by atoms with van der Waals surface area (Å²) in [5.74, 6) is -1.52. The van der Waals surface area contributed by atoms with Gasteiger partial charge in [-0.15, -0.1) is 0 Å². The lowest BCUT2D eigenvalue weighted by atomic mass is 9.96. The first kappa shape index (κ1) is 23.1. The Morgan fingerprint density at radius 3 is 1.78 bits per heavy atom. The molecule has 0 rings (SSSR count). The Morgan fingerprint density at radius 2 is 1.48 bits per heavy atom. The minimum absolute atomic E-state index is 0.169. The maximum atomic E-state index is 10.8. The van der Waals surface area contributed by atoms with E-state index in [1.54, 1.807) is 0 Å². The normalized spacial score (nSPS) is 9.74. The van der Waals surface area contributed by atoms with Gasteiger partial charge in [0.05, 0.1) is 13.2 Å². The largest absolute Gasteiger partial charge is 0.462 e. The zero-order valence-corrected chi connectivity index (χ0v) is 14.0. The summed E-state index contributed by atoms with van der Waals surface area (Å²) in [5.41, 5.74) is -0.419. The van der Waals surface area contributed by atoms with Crippen molar-refractivity contribution in [3.63, 3.8) is 0 Å². The molecule has 0 aliphatic carbocycles. The van der Waals surface area contributed by atoms with Gasteiger partial charge in [-0.3, -0.25) is 0 Å². The molecule has 0 aromatic carbocycles. The summed E-state index contributed by atoms with van der Waals surface area (Å²) in [5, 5.41) is 7.71. The highest BCUT2D eigenvalue weighted by Gasteiger charge is 2.21. The van der Waals surface area contributed by atoms with Crippen LogP contribution in [0.2, 0.25) is 0 Å². The summed E-state index contributed by atoms with van der Waals surface area (Å²) >= 11 is 0. The molecule has 0 amide bonds. The third-order valence-corrected chi connectivity index (χ3v) is 2.38. The topological polar surface area (TPSA) is 99.1 Å². The molecular formula is C16H26O7. The summed E-state index contributed by atoms with van der Waals surface area (Å²) in [6.07, 6.45) is 4.21. The van der Waals surface area contributed by atoms with Crippen LogP contribution < -0.4 is 0 Å². The Bertz CT molecular complexity index is 373. The van der Waals surface area contributed by atoms with Gasteiger partial charge in [0.15, 0.2) is 0 Å². The smallest absolute Gasteiger partial charge is 0.342 e. The van der Waals surface area contributed by atoms with Crippen molar-refractivity contribution in [2.24, 2.45) is 5.41 Å². The second-order valence-corrected chi connectivity index (χ2v) is 5.35. The van der Waals surface area contributed by atoms with Crippen LogP contribution in [-0.4, -0.2) is 36.4 Å². The minimum atomic E-state index is -0.549. The molecule has 0 aromatic heterocycles. The number of unbranched alkanes of at least 4 members (excludes halogenated alkanes) is 1. The molecule has 0 heterocycles. The average Bonchev–Trinajstić information content (AvgIpc) is 2.55. The van der Waals surface area contributed by atoms with E-state index in [2.05, 4.69) is 18.0 Å². The lowest BCUT2D eigenvalue weighted by molar-refractivity contribution is -0.234. The van der Waals surface area contributed by atoms with Gasteiger partial charge in [0, 0.05) is 24.0 Å². The number of esters is 2. The van der Waals surface area contributed by atoms with Gasteiger partial charge >= 0.3 is 17.9 Å². The molecule has 132 valence electrons. The van der Waals surface area contributed by atoms with E-state index in [1.165, 1.54) is 0 Å². The molecule has 0 aromatic rings. The van der Waals surface area contributed by atoms with Crippen molar-refractivity contribution >= 4 is 17.9 Å². The molecule has 0 aliphatic heterocycles. The van der Waals surface area contributed by atoms with E-state index in [4.69, 9.17) is 14.7 Å². The van der Waals surface area contributed by atoms with Crippen molar-refractivity contribution in [1.29, 1.82) is 0 Å². The van der Waals surface area contributed by atoms with E-state index < -0.39 is 23.3 Å². The van der Waals surface area contributed by atoms with E-state index in [1.807, 2.05) is 20.8 Å². The fraction of sp³-hybridized carbons (Fsp3) is 0.562. The van der Waals surface area contributed by atoms with Crippen molar-refractivity contribution in [3.8, 4) is 0 Å². The zero-order valence-electron chi connectivity index (χ0n) is 14.0. The van der Waals surface area contributed by atoms with Gasteiger partial charge < -0.3 is 14.4 Å². The highest BCUT2D eigenvalue weighted by Crippen LogP contribution is 2.16. The van der Waals surface area contributed by atoms with Gasteiger partial charge in [0.1, 0.15) is 0 Å². The number of hydrogen-bond acceptors (Lipinski definition) is 7. The second-order valence-electron chi connectivity index (χ2n) is 5.35. The summed E-state index contributed by atoms with van der Waals surface area (Å²) in [4.78, 5) is 35.1. The highest BCUT2D eigenvalue weighted by atomic mass is 17.1. The molecule has 0 spiro atoms. The van der Waals surface area contributed by atoms with Crippen molar-refractivity contribution in [2.75, 3.05) is 13.2 Å². The summed E-state index contributed by atoms with van der Waals surface area (Å²) in [6, 6.07) is 0. The second kappa shape index (κ2) is 13.5. The molecule has 0 unspecified atom stereocenters. The summed E-state index contributed by atoms with van der Waals surface area (Å²) < 4.78 is 9.70. The Labute approximate surface area is 136 Å². The maximum Gasteiger partial charge on any atom is 0.342 e. The van der Waals surface area contributed by atoms with E-state index in [0.717, 1.165) is 25.0 Å². The van der Waals surface area contributed by atoms with Crippen LogP contribution in [0.15, 0.2) is 25.3 Å². The van der Waals surface area contributed by atoms with Crippen LogP contribution in [0.4, 0.5) is 0 Å². The number of ether oxygens (including phenoxy) is 2. The van der Waals surface area contributed by atoms with Crippen LogP contribution in [0, 0.1) is 5.41 Å². The van der Waals surface area contributed by atoms with Gasteiger partial charge in [-0.1, -0.05) is 40.3 Å². The monoisotopic (exact) mass is 330 g/mol. The first-order valence-electron chi connectivity index (χ1n) is 7.15. The number of hydrogen-bond donors (Lipinski definition) is 1. The predicted molar refractivity (Wildman–Crippen MR) is 84.3 cm³/mol. The summed E-state index contributed by atoms with van der Waals surface area (Å²) in [6.45, 7) is 12.5. The van der Waals surface area contributed by atoms with Crippen LogP contribution in [0.25, 0.3) is 0 Å². The molecule has 7 nitrogen and oxygen atoms in total. The van der Waals surface area contributed by atoms with E-state index in [-0.39, 0.29) is 13.2 Å². The molecular weight excluding hydrogens is 304 g/mol. The van der Waals surface area contributed by atoms with Gasteiger partial charge in [-0.2, -0.15) is 5.26 Å². The third kappa shape index (κ3) is 16.1. The van der Waals surface area contributed by atoms with Crippen molar-refractivity contribution < 1.29 is 34.0 Å². The van der Waals surface area contributed by atoms with E-state index in [0.29, 0.717) is 6.42 Å². The van der Waals surface area contributed by atoms with Crippen molar-refractivity contribution in [1.82, 2.24) is 0 Å². The number of carbonyl (C=O) groups excluding carboxylic acids is 3. The number of carbonyl (C=O) groups is 3. The Hall–Kier alpha value is -2.15. The predicted octanol–water partition coefficient (Wildman–Crippen LogP) is 2.66. The highest BCUT2D eigenvalue weighted by molar-refractivity contribution is 5.81. The molecule has 0 fully saturated rings. The van der Waals surface area contributed by atoms with Crippen LogP contribution in [0.1, 0.15) is 40.0 Å². The van der Waals surface area contributed by atoms with Gasteiger partial charge in [-0.25, -0.2) is 14.4 Å². The van der Waals surface area contributed by atoms with E-state index >= 15 is 0 Å². The Balaban J connectivity index is 0. The standard InChI is InChI=1S/C11H16O4.C5H10O3/c1-5-9(12)14-7-11(3,4)8-15-10(13)6-2;1-2-3-4-5(6)8-7/h5-6H,1-2,7-8H2,3-4H3;7H,2-4H2,1H3. The SMILES string of the molecule is C=CC(=O)OCC(C)(C)COC(=O)C=C.CCCCC(=O)OO. The maximum absolute atomic E-state index is 10.8. The lowest BCUT2D eigenvalue weighted by Gasteiger charge is -2.22. The molecule has 0 aliphatic rings. The zero-order chi connectivity index (χ0) is 18.3. The fourth-order valence-electron chi connectivity index (χ4n) is 1.06. The van der Waals surface area contributed by atoms with Crippen molar-refractivity contribution in [3.05, 3.63) is 25.3 Å². The van der Waals surface area contributed by atoms with Gasteiger partial charge in [-0.05, 0) is 6.42 Å². The van der Waals surface area contributed by atoms with Gasteiger partial charge in [0.2, 0.25) is 0 Å². The Kier molecular flexibility index (Phi) is 13.6. The molecule has 7 heteroatoms. The lowest BCUT2D eigenvalue weighted by Crippen LogP contribution is -2.27. The quantitative estimate of drug-likeness (QED) is 0.228. The Morgan fingerprint density at radius 1 is 1.04 bits per heavy atom. The molecule has 0 atom stereocenters. The summed E-state index contributed by atoms with van der Waals surface area (Å²) in [7, 11) is 0. The molecule has 0 saturated carbocycles. The molecule has 0 radical (unpaired) electrons. The first-order chi connectivity index (χ1) is 10.7. The van der Waals surface area contributed by atoms with Gasteiger partial charge in [0.25, 0.3) is 0 Å². The first-order valence-corrected chi connectivity index (χ1v) is 7.15. The van der Waals surface area contributed by atoms with Crippen molar-refractivity contribution in [2.45, 2.75) is 40.0 Å². The third-order valence-electron chi connectivity index (χ3n) is 2.38. The van der Waals surface area contributed by atoms with E-state index in [9.17, 15) is 14.4 Å². The van der Waals surface area contributed by atoms with Crippen LogP contribution in [0.5, 0.6) is 0 Å². The van der Waals surface area contributed by atoms with Crippen LogP contribution in [0.3, 0.4) is 0 Å². The molecule has 1 N–H and O–H groups in total. The molecule has 0 saturated heterocycles. The fourth-order valence-corrected chi connectivity index (χ4v) is 1.06. The average molecular weight is 330 g/mol. The van der Waals surface area contributed by atoms with Crippen LogP contribution >= 0.6 is 0 Å². The molecule has 0 bridgehead atoms. The minimum Gasteiger partial charge on any atom is -0.462 e. The van der Waals surface area contributed by atoms with Crippen LogP contribution in [-0.2, 0) is 28.7 Å². The number of rotatable bonds is 9.